The molecule has 11 aromatic carbocycles. The number of thiophene rings is 2. The molecule has 13 aromatic rings. The van der Waals surface area contributed by atoms with E-state index < -0.39 is 0 Å². The van der Waals surface area contributed by atoms with Crippen molar-refractivity contribution < 1.29 is 0 Å². The van der Waals surface area contributed by atoms with E-state index in [-0.39, 0.29) is 0 Å². The van der Waals surface area contributed by atoms with E-state index in [1.807, 2.05) is 22.7 Å². The van der Waals surface area contributed by atoms with Gasteiger partial charge in [-0.05, 0) is 105 Å². The van der Waals surface area contributed by atoms with Crippen LogP contribution in [0.4, 0.5) is 0 Å². The number of hydrogen-bond donors (Lipinski definition) is 0. The van der Waals surface area contributed by atoms with Gasteiger partial charge in [0, 0.05) is 40.3 Å². The van der Waals surface area contributed by atoms with Crippen LogP contribution in [0.3, 0.4) is 0 Å². The summed E-state index contributed by atoms with van der Waals surface area (Å²) in [5.74, 6) is 0. The van der Waals surface area contributed by atoms with E-state index in [4.69, 9.17) is 0 Å². The van der Waals surface area contributed by atoms with Gasteiger partial charge in [-0.25, -0.2) is 0 Å². The Bertz CT molecular complexity index is 3800. The second kappa shape index (κ2) is 12.3. The van der Waals surface area contributed by atoms with Crippen molar-refractivity contribution in [3.8, 4) is 33.4 Å². The molecule has 0 bridgehead atoms. The Labute approximate surface area is 342 Å². The third kappa shape index (κ3) is 4.56. The van der Waals surface area contributed by atoms with Crippen molar-refractivity contribution in [1.29, 1.82) is 0 Å². The van der Waals surface area contributed by atoms with Gasteiger partial charge in [-0.1, -0.05) is 176 Å². The van der Waals surface area contributed by atoms with Crippen molar-refractivity contribution in [3.63, 3.8) is 0 Å². The molecule has 58 heavy (non-hydrogen) atoms. The molecule has 0 nitrogen and oxygen atoms in total. The van der Waals surface area contributed by atoms with Crippen molar-refractivity contribution in [2.45, 2.75) is 0 Å². The third-order valence-electron chi connectivity index (χ3n) is 12.5. The minimum absolute atomic E-state index is 1.25. The lowest BCUT2D eigenvalue weighted by Crippen LogP contribution is -1.93. The third-order valence-corrected chi connectivity index (χ3v) is 14.8. The molecule has 0 radical (unpaired) electrons. The molecule has 0 aliphatic carbocycles. The lowest BCUT2D eigenvalue weighted by molar-refractivity contribution is 1.67. The SMILES string of the molecule is c1ccc2c(-c3c4ccccc4c(-c4ccc(-c5ccc6c(c5)sc5c6ccc6sc7ccc8ccccc8c7c65)c5ccccc45)c4ccccc34)cccc2c1. The molecule has 2 heterocycles. The molecule has 2 aromatic heterocycles. The zero-order chi connectivity index (χ0) is 37.9. The van der Waals surface area contributed by atoms with Crippen LogP contribution in [-0.4, -0.2) is 0 Å². The highest BCUT2D eigenvalue weighted by atomic mass is 32.1. The van der Waals surface area contributed by atoms with Gasteiger partial charge in [0.2, 0.25) is 0 Å². The fraction of sp³-hybridized carbons (Fsp3) is 0. The van der Waals surface area contributed by atoms with Crippen LogP contribution in [0.15, 0.2) is 194 Å². The summed E-state index contributed by atoms with van der Waals surface area (Å²) >= 11 is 3.85. The zero-order valence-electron chi connectivity index (χ0n) is 31.3. The van der Waals surface area contributed by atoms with Crippen LogP contribution >= 0.6 is 22.7 Å². The van der Waals surface area contributed by atoms with Crippen molar-refractivity contribution in [3.05, 3.63) is 194 Å². The van der Waals surface area contributed by atoms with E-state index in [1.54, 1.807) is 0 Å². The lowest BCUT2D eigenvalue weighted by Gasteiger charge is -2.20. The van der Waals surface area contributed by atoms with Crippen LogP contribution in [0, 0.1) is 0 Å². The van der Waals surface area contributed by atoms with E-state index in [0.717, 1.165) is 0 Å². The summed E-state index contributed by atoms with van der Waals surface area (Å²) in [5, 5.41) is 18.3. The molecule has 2 heteroatoms. The standard InChI is InChI=1S/C56H32S2/c1-3-15-36-33(12-1)14-11-23-42(36)52-43-19-7-9-21-45(43)53(46-22-10-8-20-44(46)52)47-28-27-37(39-17-5-6-18-40(39)47)35-24-26-41-48-29-31-50-55(56(48)58-51(41)32-35)54-38-16-4-2-13-34(38)25-30-49(54)57-50/h1-32H. The minimum Gasteiger partial charge on any atom is -0.135 e. The largest absolute Gasteiger partial charge is 0.135 e. The molecule has 0 saturated heterocycles. The molecule has 0 aliphatic heterocycles. The molecule has 0 spiro atoms. The summed E-state index contributed by atoms with van der Waals surface area (Å²) in [6, 6.07) is 72.5. The van der Waals surface area contributed by atoms with E-state index >= 15 is 0 Å². The summed E-state index contributed by atoms with van der Waals surface area (Å²) in [6.45, 7) is 0. The van der Waals surface area contributed by atoms with Gasteiger partial charge >= 0.3 is 0 Å². The first-order valence-corrected chi connectivity index (χ1v) is 21.6. The highest BCUT2D eigenvalue weighted by molar-refractivity contribution is 7.30. The molecule has 0 N–H and O–H groups in total. The Kier molecular flexibility index (Phi) is 6.86. The van der Waals surface area contributed by atoms with Crippen molar-refractivity contribution in [2.24, 2.45) is 0 Å². The van der Waals surface area contributed by atoms with E-state index in [1.165, 1.54) is 128 Å². The van der Waals surface area contributed by atoms with E-state index in [0.29, 0.717) is 0 Å². The maximum absolute atomic E-state index is 2.43. The summed E-state index contributed by atoms with van der Waals surface area (Å²) in [7, 11) is 0. The molecule has 0 unspecified atom stereocenters. The Hall–Kier alpha value is -6.84. The number of benzene rings is 11. The monoisotopic (exact) mass is 768 g/mol. The Morgan fingerprint density at radius 1 is 0.259 bits per heavy atom. The predicted octanol–water partition coefficient (Wildman–Crippen LogP) is 17.2. The number of fused-ring (bicyclic) bond motifs is 13. The van der Waals surface area contributed by atoms with Crippen LogP contribution in [0.2, 0.25) is 0 Å². The summed E-state index contributed by atoms with van der Waals surface area (Å²) < 4.78 is 5.43. The molecule has 0 aliphatic rings. The van der Waals surface area contributed by atoms with Gasteiger partial charge in [0.25, 0.3) is 0 Å². The van der Waals surface area contributed by atoms with Crippen molar-refractivity contribution in [1.82, 2.24) is 0 Å². The second-order valence-electron chi connectivity index (χ2n) is 15.5. The van der Waals surface area contributed by atoms with Crippen LogP contribution in [-0.2, 0) is 0 Å². The van der Waals surface area contributed by atoms with Gasteiger partial charge in [0.05, 0.1) is 0 Å². The minimum atomic E-state index is 1.25. The highest BCUT2D eigenvalue weighted by Crippen LogP contribution is 2.50. The Morgan fingerprint density at radius 2 is 0.759 bits per heavy atom. The molecular formula is C56H32S2. The normalized spacial score (nSPS) is 12.1. The molecular weight excluding hydrogens is 737 g/mol. The second-order valence-corrected chi connectivity index (χ2v) is 17.6. The van der Waals surface area contributed by atoms with Crippen LogP contribution in [0.5, 0.6) is 0 Å². The molecule has 0 saturated carbocycles. The molecule has 0 fully saturated rings. The summed E-state index contributed by atoms with van der Waals surface area (Å²) in [5.41, 5.74) is 7.63. The summed E-state index contributed by atoms with van der Waals surface area (Å²) in [6.07, 6.45) is 0. The first-order chi connectivity index (χ1) is 28.8. The van der Waals surface area contributed by atoms with Crippen LogP contribution < -0.4 is 0 Å². The number of hydrogen-bond acceptors (Lipinski definition) is 2. The molecule has 268 valence electrons. The molecule has 0 amide bonds. The van der Waals surface area contributed by atoms with Crippen LogP contribution in [0.1, 0.15) is 0 Å². The quantitative estimate of drug-likeness (QED) is 0.157. The fourth-order valence-electron chi connectivity index (χ4n) is 9.95. The number of rotatable bonds is 3. The Balaban J connectivity index is 1.03. The van der Waals surface area contributed by atoms with Crippen molar-refractivity contribution in [2.75, 3.05) is 0 Å². The Morgan fingerprint density at radius 3 is 1.47 bits per heavy atom. The maximum Gasteiger partial charge on any atom is 0.0448 e. The van der Waals surface area contributed by atoms with E-state index in [2.05, 4.69) is 194 Å². The first kappa shape index (κ1) is 32.3. The predicted molar refractivity (Wildman–Crippen MR) is 256 cm³/mol. The average molecular weight is 769 g/mol. The topological polar surface area (TPSA) is 0 Å². The van der Waals surface area contributed by atoms with Gasteiger partial charge in [0.15, 0.2) is 0 Å². The zero-order valence-corrected chi connectivity index (χ0v) is 32.9. The van der Waals surface area contributed by atoms with Gasteiger partial charge < -0.3 is 0 Å². The maximum atomic E-state index is 2.43. The van der Waals surface area contributed by atoms with Gasteiger partial charge in [-0.15, -0.1) is 22.7 Å². The van der Waals surface area contributed by atoms with Crippen molar-refractivity contribution >= 4 is 117 Å². The smallest absolute Gasteiger partial charge is 0.0448 e. The average Bonchev–Trinajstić information content (AvgIpc) is 3.86. The first-order valence-electron chi connectivity index (χ1n) is 19.9. The fourth-order valence-corrected chi connectivity index (χ4v) is 12.4. The van der Waals surface area contributed by atoms with Crippen LogP contribution in [0.25, 0.3) is 128 Å². The van der Waals surface area contributed by atoms with Gasteiger partial charge in [0.1, 0.15) is 0 Å². The van der Waals surface area contributed by atoms with Gasteiger partial charge in [-0.2, -0.15) is 0 Å². The molecule has 13 rings (SSSR count). The summed E-state index contributed by atoms with van der Waals surface area (Å²) in [4.78, 5) is 0. The highest BCUT2D eigenvalue weighted by Gasteiger charge is 2.21. The van der Waals surface area contributed by atoms with Gasteiger partial charge in [-0.3, -0.25) is 0 Å². The van der Waals surface area contributed by atoms with E-state index in [9.17, 15) is 0 Å². The lowest BCUT2D eigenvalue weighted by atomic mass is 9.83. The molecule has 0 atom stereocenters.